The molecule has 0 saturated carbocycles. The summed E-state index contributed by atoms with van der Waals surface area (Å²) in [7, 11) is 1.62. The van der Waals surface area contributed by atoms with E-state index < -0.39 is 5.60 Å². The van der Waals surface area contributed by atoms with Crippen LogP contribution in [0.2, 0.25) is 0 Å². The average Bonchev–Trinajstić information content (AvgIpc) is 2.37. The van der Waals surface area contributed by atoms with Crippen molar-refractivity contribution in [3.05, 3.63) is 40.3 Å². The quantitative estimate of drug-likeness (QED) is 0.932. The molecule has 0 fully saturated rings. The molecule has 0 spiro atoms. The minimum absolute atomic E-state index is 0.398. The van der Waals surface area contributed by atoms with Crippen LogP contribution >= 0.6 is 15.9 Å². The summed E-state index contributed by atoms with van der Waals surface area (Å²) in [6.45, 7) is 5.22. The average molecular weight is 337 g/mol. The fourth-order valence-electron chi connectivity index (χ4n) is 1.86. The van der Waals surface area contributed by atoms with E-state index in [1.807, 2.05) is 31.2 Å². The molecule has 5 heteroatoms. The van der Waals surface area contributed by atoms with E-state index in [0.717, 1.165) is 27.2 Å². The fourth-order valence-corrected chi connectivity index (χ4v) is 2.22. The lowest BCUT2D eigenvalue weighted by Crippen LogP contribution is -2.20. The number of halogens is 1. The number of nitrogens with zero attached hydrogens (tertiary/aromatic N) is 2. The third-order valence-electron chi connectivity index (χ3n) is 2.84. The zero-order valence-corrected chi connectivity index (χ0v) is 13.5. The number of hydrogen-bond donors (Lipinski definition) is 1. The summed E-state index contributed by atoms with van der Waals surface area (Å²) in [5.74, 6) is 1.13. The molecule has 1 heterocycles. The molecule has 0 saturated heterocycles. The molecule has 0 amide bonds. The summed E-state index contributed by atoms with van der Waals surface area (Å²) in [6, 6.07) is 7.60. The van der Waals surface area contributed by atoms with E-state index >= 15 is 0 Å². The first-order chi connectivity index (χ1) is 9.31. The van der Waals surface area contributed by atoms with E-state index in [0.29, 0.717) is 5.82 Å². The highest BCUT2D eigenvalue weighted by atomic mass is 79.9. The highest BCUT2D eigenvalue weighted by Gasteiger charge is 2.21. The minimum atomic E-state index is -1.08. The molecule has 20 heavy (non-hydrogen) atoms. The molecule has 0 aliphatic carbocycles. The molecule has 1 aromatic carbocycles. The molecule has 2 rings (SSSR count). The van der Waals surface area contributed by atoms with Crippen LogP contribution in [0.5, 0.6) is 5.75 Å². The van der Waals surface area contributed by atoms with E-state index in [9.17, 15) is 5.11 Å². The summed E-state index contributed by atoms with van der Waals surface area (Å²) in [6.07, 6.45) is 0. The lowest BCUT2D eigenvalue weighted by molar-refractivity contribution is 0.0686. The van der Waals surface area contributed by atoms with Gasteiger partial charge in [0.05, 0.1) is 12.8 Å². The zero-order chi connectivity index (χ0) is 14.9. The topological polar surface area (TPSA) is 55.2 Å². The highest BCUT2D eigenvalue weighted by Crippen LogP contribution is 2.32. The normalized spacial score (nSPS) is 11.5. The van der Waals surface area contributed by atoms with Gasteiger partial charge in [0, 0.05) is 15.7 Å². The van der Waals surface area contributed by atoms with Gasteiger partial charge >= 0.3 is 0 Å². The Balaban J connectivity index is 2.64. The first kappa shape index (κ1) is 14.9. The maximum Gasteiger partial charge on any atom is 0.160 e. The van der Waals surface area contributed by atoms with E-state index in [1.54, 1.807) is 21.0 Å². The number of methoxy groups -OCH3 is 1. The Morgan fingerprint density at radius 3 is 2.50 bits per heavy atom. The third-order valence-corrected chi connectivity index (χ3v) is 3.33. The van der Waals surface area contributed by atoms with E-state index in [1.165, 1.54) is 0 Å². The van der Waals surface area contributed by atoms with E-state index in [4.69, 9.17) is 4.74 Å². The van der Waals surface area contributed by atoms with Crippen LogP contribution in [-0.2, 0) is 5.60 Å². The summed E-state index contributed by atoms with van der Waals surface area (Å²) in [4.78, 5) is 8.76. The number of aryl methyl sites for hydroxylation is 1. The van der Waals surface area contributed by atoms with Gasteiger partial charge in [0.1, 0.15) is 11.4 Å². The molecule has 106 valence electrons. The molecule has 1 N–H and O–H groups in total. The maximum atomic E-state index is 10.1. The van der Waals surface area contributed by atoms with Crippen molar-refractivity contribution < 1.29 is 9.84 Å². The Labute approximate surface area is 127 Å². The molecule has 0 bridgehead atoms. The molecule has 0 aliphatic rings. The van der Waals surface area contributed by atoms with Crippen molar-refractivity contribution >= 4 is 15.9 Å². The van der Waals surface area contributed by atoms with Crippen molar-refractivity contribution in [2.24, 2.45) is 0 Å². The van der Waals surface area contributed by atoms with Gasteiger partial charge in [0.2, 0.25) is 0 Å². The molecule has 0 aliphatic heterocycles. The Morgan fingerprint density at radius 2 is 1.90 bits per heavy atom. The Bertz CT molecular complexity index is 636. The molecule has 2 aromatic rings. The maximum absolute atomic E-state index is 10.1. The molecule has 4 nitrogen and oxygen atoms in total. The Hall–Kier alpha value is -1.46. The lowest BCUT2D eigenvalue weighted by atomic mass is 10.1. The zero-order valence-electron chi connectivity index (χ0n) is 11.9. The van der Waals surface area contributed by atoms with Crippen LogP contribution in [0.25, 0.3) is 11.3 Å². The third kappa shape index (κ3) is 3.16. The Morgan fingerprint density at radius 1 is 1.20 bits per heavy atom. The standard InChI is InChI=1S/C15H17BrN2O2/c1-9-7-12(18-14(17-9)15(2,3)19)11-8-10(16)5-6-13(11)20-4/h5-8,19H,1-4H3. The van der Waals surface area contributed by atoms with Gasteiger partial charge in [-0.2, -0.15) is 0 Å². The van der Waals surface area contributed by atoms with Crippen LogP contribution in [0, 0.1) is 6.92 Å². The molecular weight excluding hydrogens is 320 g/mol. The van der Waals surface area contributed by atoms with Crippen molar-refractivity contribution in [1.29, 1.82) is 0 Å². The molecule has 1 aromatic heterocycles. The van der Waals surface area contributed by atoms with Gasteiger partial charge in [-0.1, -0.05) is 15.9 Å². The van der Waals surface area contributed by atoms with Gasteiger partial charge in [-0.3, -0.25) is 0 Å². The largest absolute Gasteiger partial charge is 0.496 e. The summed E-state index contributed by atoms with van der Waals surface area (Å²) >= 11 is 3.45. The van der Waals surface area contributed by atoms with Crippen LogP contribution in [0.1, 0.15) is 25.4 Å². The molecule has 0 atom stereocenters. The van der Waals surface area contributed by atoms with Crippen LogP contribution in [0.15, 0.2) is 28.7 Å². The predicted molar refractivity (Wildman–Crippen MR) is 81.7 cm³/mol. The molecule has 0 radical (unpaired) electrons. The van der Waals surface area contributed by atoms with E-state index in [2.05, 4.69) is 25.9 Å². The van der Waals surface area contributed by atoms with Gasteiger partial charge in [-0.05, 0) is 45.0 Å². The highest BCUT2D eigenvalue weighted by molar-refractivity contribution is 9.10. The van der Waals surface area contributed by atoms with Gasteiger partial charge in [-0.15, -0.1) is 0 Å². The van der Waals surface area contributed by atoms with Crippen molar-refractivity contribution in [2.75, 3.05) is 7.11 Å². The number of aromatic nitrogens is 2. The van der Waals surface area contributed by atoms with Crippen LogP contribution < -0.4 is 4.74 Å². The van der Waals surface area contributed by atoms with Crippen LogP contribution in [-0.4, -0.2) is 22.2 Å². The van der Waals surface area contributed by atoms with Crippen molar-refractivity contribution in [1.82, 2.24) is 9.97 Å². The number of aliphatic hydroxyl groups is 1. The molecule has 0 unspecified atom stereocenters. The van der Waals surface area contributed by atoms with Crippen molar-refractivity contribution in [2.45, 2.75) is 26.4 Å². The number of hydrogen-bond acceptors (Lipinski definition) is 4. The molecular formula is C15H17BrN2O2. The summed E-state index contributed by atoms with van der Waals surface area (Å²) < 4.78 is 6.32. The van der Waals surface area contributed by atoms with E-state index in [-0.39, 0.29) is 0 Å². The first-order valence-electron chi connectivity index (χ1n) is 6.23. The second-order valence-electron chi connectivity index (χ2n) is 5.12. The van der Waals surface area contributed by atoms with Gasteiger partial charge < -0.3 is 9.84 Å². The summed E-state index contributed by atoms with van der Waals surface area (Å²) in [5.41, 5.74) is 1.31. The van der Waals surface area contributed by atoms with Crippen LogP contribution in [0.3, 0.4) is 0 Å². The fraction of sp³-hybridized carbons (Fsp3) is 0.333. The van der Waals surface area contributed by atoms with Crippen molar-refractivity contribution in [3.8, 4) is 17.0 Å². The van der Waals surface area contributed by atoms with Crippen molar-refractivity contribution in [3.63, 3.8) is 0 Å². The number of rotatable bonds is 3. The number of ether oxygens (including phenoxy) is 1. The number of benzene rings is 1. The lowest BCUT2D eigenvalue weighted by Gasteiger charge is -2.17. The monoisotopic (exact) mass is 336 g/mol. The van der Waals surface area contributed by atoms with Gasteiger partial charge in [0.15, 0.2) is 5.82 Å². The second kappa shape index (κ2) is 5.50. The summed E-state index contributed by atoms with van der Waals surface area (Å²) in [5, 5.41) is 10.1. The first-order valence-corrected chi connectivity index (χ1v) is 7.03. The smallest absolute Gasteiger partial charge is 0.160 e. The minimum Gasteiger partial charge on any atom is -0.496 e. The second-order valence-corrected chi connectivity index (χ2v) is 6.04. The SMILES string of the molecule is COc1ccc(Br)cc1-c1cc(C)nc(C(C)(C)O)n1. The van der Waals surface area contributed by atoms with Crippen LogP contribution in [0.4, 0.5) is 0 Å². The predicted octanol–water partition coefficient (Wildman–Crippen LogP) is 3.45. The van der Waals surface area contributed by atoms with Gasteiger partial charge in [-0.25, -0.2) is 9.97 Å². The van der Waals surface area contributed by atoms with Gasteiger partial charge in [0.25, 0.3) is 0 Å². The Kier molecular flexibility index (Phi) is 4.11.